The van der Waals surface area contributed by atoms with Gasteiger partial charge in [0.05, 0.1) is 19.6 Å². The van der Waals surface area contributed by atoms with Crippen molar-refractivity contribution in [1.82, 2.24) is 0 Å². The Hall–Kier alpha value is -1.64. The highest BCUT2D eigenvalue weighted by atomic mass is 31.2. The van der Waals surface area contributed by atoms with E-state index in [9.17, 15) is 18.7 Å². The molecule has 0 aromatic heterocycles. The molecule has 1 aromatic rings. The van der Waals surface area contributed by atoms with E-state index in [0.29, 0.717) is 5.56 Å². The molecule has 37 heavy (non-hydrogen) atoms. The Balaban J connectivity index is 2.62. The van der Waals surface area contributed by atoms with E-state index in [0.717, 1.165) is 27.2 Å². The number of carbonyl (C=O) groups excluding carboxylic acids is 2. The molecular weight excluding hydrogens is 532 g/mol. The van der Waals surface area contributed by atoms with Crippen LogP contribution in [0.1, 0.15) is 39.2 Å². The molecular formula is C24H36F2O9P2. The lowest BCUT2D eigenvalue weighted by Gasteiger charge is -2.38. The molecule has 0 N–H and O–H groups in total. The highest BCUT2D eigenvalue weighted by Gasteiger charge is 2.64. The van der Waals surface area contributed by atoms with Crippen molar-refractivity contribution in [3.63, 3.8) is 0 Å². The first kappa shape index (κ1) is 31.6. The standard InChI is InChI=1S/C24H36F2O9P2/c1-7-32-37(6,30)14-13-23(16-24(25,26)36(4,5)29)21(31-15-19-11-9-8-10-12-19)20(33-17(2)27)22(35-23)34-18(3)28/h8-12,20-22H,7,13-16H2,1-6H3/t20-,21?,22+,23+,37?/m0/s1. The Morgan fingerprint density at radius 1 is 1.05 bits per heavy atom. The summed E-state index contributed by atoms with van der Waals surface area (Å²) in [6.45, 7) is 7.17. The van der Waals surface area contributed by atoms with Gasteiger partial charge in [0.25, 0.3) is 5.66 Å². The molecule has 5 atom stereocenters. The van der Waals surface area contributed by atoms with Gasteiger partial charge in [-0.1, -0.05) is 30.3 Å². The van der Waals surface area contributed by atoms with Gasteiger partial charge >= 0.3 is 11.9 Å². The Kier molecular flexibility index (Phi) is 10.6. The zero-order valence-corrected chi connectivity index (χ0v) is 23.8. The van der Waals surface area contributed by atoms with E-state index >= 15 is 8.78 Å². The first-order chi connectivity index (χ1) is 17.0. The van der Waals surface area contributed by atoms with Crippen molar-refractivity contribution < 1.29 is 51.0 Å². The van der Waals surface area contributed by atoms with Crippen LogP contribution in [0.3, 0.4) is 0 Å². The molecule has 0 aliphatic carbocycles. The van der Waals surface area contributed by atoms with Gasteiger partial charge in [0.2, 0.25) is 6.29 Å². The van der Waals surface area contributed by atoms with Crippen LogP contribution in [0, 0.1) is 0 Å². The molecule has 1 aliphatic rings. The van der Waals surface area contributed by atoms with Crippen LogP contribution in [0.4, 0.5) is 8.78 Å². The summed E-state index contributed by atoms with van der Waals surface area (Å²) in [5, 5.41) is 0. The van der Waals surface area contributed by atoms with Crippen LogP contribution in [0.25, 0.3) is 0 Å². The van der Waals surface area contributed by atoms with Crippen molar-refractivity contribution in [2.75, 3.05) is 32.8 Å². The fourth-order valence-electron chi connectivity index (χ4n) is 4.09. The Bertz CT molecular complexity index is 1030. The van der Waals surface area contributed by atoms with Crippen molar-refractivity contribution in [1.29, 1.82) is 0 Å². The van der Waals surface area contributed by atoms with Crippen molar-refractivity contribution >= 4 is 26.4 Å². The minimum Gasteiger partial charge on any atom is -0.453 e. The van der Waals surface area contributed by atoms with Crippen LogP contribution >= 0.6 is 14.5 Å². The first-order valence-electron chi connectivity index (χ1n) is 11.8. The summed E-state index contributed by atoms with van der Waals surface area (Å²) >= 11 is 0. The molecule has 0 spiro atoms. The number of carbonyl (C=O) groups is 2. The van der Waals surface area contributed by atoms with Crippen LogP contribution in [0.15, 0.2) is 30.3 Å². The lowest BCUT2D eigenvalue weighted by atomic mass is 9.88. The molecule has 0 saturated carbocycles. The topological polar surface area (TPSA) is 114 Å². The van der Waals surface area contributed by atoms with E-state index in [1.807, 2.05) is 0 Å². The first-order valence-corrected chi connectivity index (χ1v) is 16.7. The van der Waals surface area contributed by atoms with Gasteiger partial charge in [-0.05, 0) is 32.2 Å². The lowest BCUT2D eigenvalue weighted by Crippen LogP contribution is -2.50. The highest BCUT2D eigenvalue weighted by molar-refractivity contribution is 7.63. The van der Waals surface area contributed by atoms with Crippen LogP contribution < -0.4 is 0 Å². The van der Waals surface area contributed by atoms with E-state index in [2.05, 4.69) is 0 Å². The van der Waals surface area contributed by atoms with Crippen LogP contribution in [0.5, 0.6) is 0 Å². The van der Waals surface area contributed by atoms with Crippen molar-refractivity contribution in [3.8, 4) is 0 Å². The molecule has 210 valence electrons. The quantitative estimate of drug-likeness (QED) is 0.237. The number of hydrogen-bond donors (Lipinski definition) is 0. The third-order valence-corrected chi connectivity index (χ3v) is 9.51. The van der Waals surface area contributed by atoms with Crippen molar-refractivity contribution in [3.05, 3.63) is 35.9 Å². The van der Waals surface area contributed by atoms with Crippen molar-refractivity contribution in [2.45, 2.75) is 70.0 Å². The molecule has 2 unspecified atom stereocenters. The second kappa shape index (κ2) is 12.5. The Labute approximate surface area is 216 Å². The predicted octanol–water partition coefficient (Wildman–Crippen LogP) is 5.10. The molecule has 1 saturated heterocycles. The number of rotatable bonds is 13. The molecule has 1 aromatic carbocycles. The van der Waals surface area contributed by atoms with Gasteiger partial charge in [-0.15, -0.1) is 0 Å². The van der Waals surface area contributed by atoms with E-state index in [-0.39, 0.29) is 25.8 Å². The summed E-state index contributed by atoms with van der Waals surface area (Å²) in [5.74, 6) is -1.59. The van der Waals surface area contributed by atoms with Gasteiger partial charge in [-0.3, -0.25) is 14.2 Å². The SMILES string of the molecule is CCOP(C)(=O)CC[C@]1(CC(F)(F)P(C)(C)=O)O[C@@H](OC(C)=O)[C@@H](OC(C)=O)C1OCc1ccccc1. The van der Waals surface area contributed by atoms with Gasteiger partial charge in [-0.2, -0.15) is 8.78 Å². The van der Waals surface area contributed by atoms with E-state index in [4.69, 9.17) is 23.5 Å². The van der Waals surface area contributed by atoms with E-state index < -0.39 is 62.6 Å². The third-order valence-electron chi connectivity index (χ3n) is 5.94. The second-order valence-electron chi connectivity index (χ2n) is 9.55. The summed E-state index contributed by atoms with van der Waals surface area (Å²) in [7, 11) is -7.28. The molecule has 9 nitrogen and oxygen atoms in total. The van der Waals surface area contributed by atoms with Gasteiger partial charge < -0.3 is 28.0 Å². The second-order valence-corrected chi connectivity index (χ2v) is 15.6. The Morgan fingerprint density at radius 2 is 1.65 bits per heavy atom. The zero-order valence-electron chi connectivity index (χ0n) is 22.0. The fraction of sp³-hybridized carbons (Fsp3) is 0.667. The summed E-state index contributed by atoms with van der Waals surface area (Å²) in [4.78, 5) is 23.8. The summed E-state index contributed by atoms with van der Waals surface area (Å²) in [6, 6.07) is 8.81. The minimum atomic E-state index is -4.02. The number of ether oxygens (including phenoxy) is 4. The molecule has 1 fully saturated rings. The molecule has 1 aliphatic heterocycles. The largest absolute Gasteiger partial charge is 0.453 e. The molecule has 0 radical (unpaired) electrons. The maximum atomic E-state index is 15.4. The van der Waals surface area contributed by atoms with Gasteiger partial charge in [0.1, 0.15) is 18.8 Å². The summed E-state index contributed by atoms with van der Waals surface area (Å²) < 4.78 is 84.3. The normalized spacial score (nSPS) is 25.9. The maximum Gasteiger partial charge on any atom is 0.305 e. The fourth-order valence-corrected chi connectivity index (χ4v) is 6.20. The molecule has 2 rings (SSSR count). The van der Waals surface area contributed by atoms with Gasteiger partial charge in [-0.25, -0.2) is 0 Å². The van der Waals surface area contributed by atoms with Crippen molar-refractivity contribution in [2.24, 2.45) is 0 Å². The molecule has 0 bridgehead atoms. The molecule has 0 amide bonds. The summed E-state index contributed by atoms with van der Waals surface area (Å²) in [5.41, 5.74) is -5.05. The number of alkyl halides is 2. The predicted molar refractivity (Wildman–Crippen MR) is 134 cm³/mol. The average Bonchev–Trinajstić information content (AvgIpc) is 3.01. The van der Waals surface area contributed by atoms with Crippen LogP contribution in [-0.4, -0.2) is 74.5 Å². The zero-order chi connectivity index (χ0) is 28.1. The number of benzene rings is 1. The van der Waals surface area contributed by atoms with Gasteiger partial charge in [0, 0.05) is 26.7 Å². The van der Waals surface area contributed by atoms with E-state index in [1.165, 1.54) is 6.66 Å². The number of halogens is 2. The van der Waals surface area contributed by atoms with Gasteiger partial charge in [0.15, 0.2) is 13.5 Å². The van der Waals surface area contributed by atoms with Crippen LogP contribution in [-0.2, 0) is 48.8 Å². The number of hydrogen-bond acceptors (Lipinski definition) is 9. The third kappa shape index (κ3) is 8.69. The average molecular weight is 568 g/mol. The summed E-state index contributed by atoms with van der Waals surface area (Å²) in [6.07, 6.45) is -6.01. The van der Waals surface area contributed by atoms with Crippen LogP contribution in [0.2, 0.25) is 0 Å². The minimum absolute atomic E-state index is 0.0854. The monoisotopic (exact) mass is 568 g/mol. The maximum absolute atomic E-state index is 15.4. The Morgan fingerprint density at radius 3 is 2.16 bits per heavy atom. The lowest BCUT2D eigenvalue weighted by molar-refractivity contribution is -0.210. The number of esters is 2. The molecule has 1 heterocycles. The smallest absolute Gasteiger partial charge is 0.305 e. The highest BCUT2D eigenvalue weighted by Crippen LogP contribution is 2.60. The van der Waals surface area contributed by atoms with E-state index in [1.54, 1.807) is 37.3 Å². The molecule has 13 heteroatoms.